The molecule has 3 nitrogen and oxygen atoms in total. The topological polar surface area (TPSA) is 38.3 Å². The van der Waals surface area contributed by atoms with Crippen molar-refractivity contribution in [2.75, 3.05) is 6.54 Å². The van der Waals surface area contributed by atoms with E-state index in [1.54, 1.807) is 0 Å². The molecular formula is C14H18ClNO2. The van der Waals surface area contributed by atoms with Crippen molar-refractivity contribution in [3.8, 4) is 0 Å². The molecule has 1 aromatic carbocycles. The molecule has 0 spiro atoms. The highest BCUT2D eigenvalue weighted by Gasteiger charge is 2.14. The van der Waals surface area contributed by atoms with Crippen LogP contribution in [0, 0.1) is 0 Å². The number of alkyl carbamates (subject to hydrolysis) is 1. The Morgan fingerprint density at radius 2 is 2.06 bits per heavy atom. The Morgan fingerprint density at radius 3 is 2.67 bits per heavy atom. The van der Waals surface area contributed by atoms with E-state index in [-0.39, 0.29) is 0 Å². The van der Waals surface area contributed by atoms with Gasteiger partial charge in [0.25, 0.3) is 0 Å². The molecule has 0 bridgehead atoms. The summed E-state index contributed by atoms with van der Waals surface area (Å²) in [6.07, 6.45) is 3.26. The number of rotatable bonds is 3. The fourth-order valence-electron chi connectivity index (χ4n) is 1.25. The first-order chi connectivity index (χ1) is 8.38. The smallest absolute Gasteiger partial charge is 0.407 e. The third-order valence-electron chi connectivity index (χ3n) is 1.97. The molecule has 0 saturated heterocycles. The van der Waals surface area contributed by atoms with E-state index in [0.717, 1.165) is 5.56 Å². The normalized spacial score (nSPS) is 11.6. The van der Waals surface area contributed by atoms with E-state index in [2.05, 4.69) is 5.32 Å². The summed E-state index contributed by atoms with van der Waals surface area (Å²) in [6.45, 7) is 5.88. The van der Waals surface area contributed by atoms with Crippen molar-refractivity contribution >= 4 is 23.8 Å². The van der Waals surface area contributed by atoms with E-state index in [0.29, 0.717) is 11.6 Å². The minimum atomic E-state index is -0.476. The molecule has 1 amide bonds. The summed E-state index contributed by atoms with van der Waals surface area (Å²) in [6, 6.07) is 7.51. The molecule has 0 aliphatic rings. The van der Waals surface area contributed by atoms with Crippen molar-refractivity contribution in [1.29, 1.82) is 0 Å². The van der Waals surface area contributed by atoms with Gasteiger partial charge in [-0.15, -0.1) is 0 Å². The Labute approximate surface area is 113 Å². The number of hydrogen-bond donors (Lipinski definition) is 1. The Balaban J connectivity index is 2.38. The third kappa shape index (κ3) is 5.73. The molecule has 0 aromatic heterocycles. The predicted molar refractivity (Wildman–Crippen MR) is 74.7 cm³/mol. The van der Waals surface area contributed by atoms with Crippen LogP contribution in [0.25, 0.3) is 6.08 Å². The highest BCUT2D eigenvalue weighted by Crippen LogP contribution is 2.15. The lowest BCUT2D eigenvalue weighted by molar-refractivity contribution is 0.0534. The Hall–Kier alpha value is -1.48. The van der Waals surface area contributed by atoms with E-state index in [4.69, 9.17) is 16.3 Å². The molecule has 0 unspecified atom stereocenters. The Morgan fingerprint density at radius 1 is 1.39 bits per heavy atom. The average molecular weight is 268 g/mol. The predicted octanol–water partition coefficient (Wildman–Crippen LogP) is 3.88. The van der Waals surface area contributed by atoms with Crippen molar-refractivity contribution in [3.05, 3.63) is 40.9 Å². The van der Waals surface area contributed by atoms with Crippen LogP contribution in [-0.4, -0.2) is 18.2 Å². The molecular weight excluding hydrogens is 250 g/mol. The van der Waals surface area contributed by atoms with Crippen LogP contribution in [0.3, 0.4) is 0 Å². The lowest BCUT2D eigenvalue weighted by atomic mass is 10.2. The lowest BCUT2D eigenvalue weighted by Gasteiger charge is -2.19. The zero-order chi connectivity index (χ0) is 13.6. The van der Waals surface area contributed by atoms with Gasteiger partial charge in [-0.25, -0.2) is 4.79 Å². The molecule has 0 aliphatic carbocycles. The molecule has 1 aromatic rings. The molecule has 1 rings (SSSR count). The van der Waals surface area contributed by atoms with E-state index in [9.17, 15) is 4.79 Å². The standard InChI is InChI=1S/C14H18ClNO2/c1-14(2,3)18-13(17)16-10-6-8-11-7-4-5-9-12(11)15/h4-9H,10H2,1-3H3,(H,16,17). The van der Waals surface area contributed by atoms with Gasteiger partial charge in [0.15, 0.2) is 0 Å². The largest absolute Gasteiger partial charge is 0.444 e. The van der Waals surface area contributed by atoms with Crippen LogP contribution in [0.5, 0.6) is 0 Å². The van der Waals surface area contributed by atoms with Gasteiger partial charge in [-0.1, -0.05) is 42.0 Å². The second-order valence-corrected chi connectivity index (χ2v) is 5.21. The number of hydrogen-bond acceptors (Lipinski definition) is 2. The molecule has 0 atom stereocenters. The maximum atomic E-state index is 11.3. The fraction of sp³-hybridized carbons (Fsp3) is 0.357. The number of halogens is 1. The molecule has 98 valence electrons. The maximum Gasteiger partial charge on any atom is 0.407 e. The number of nitrogens with one attached hydrogen (secondary N) is 1. The fourth-order valence-corrected chi connectivity index (χ4v) is 1.45. The summed E-state index contributed by atoms with van der Waals surface area (Å²) in [5.74, 6) is 0. The quantitative estimate of drug-likeness (QED) is 0.903. The summed E-state index contributed by atoms with van der Waals surface area (Å²) in [5.41, 5.74) is 0.446. The van der Waals surface area contributed by atoms with Crippen LogP contribution in [0.2, 0.25) is 5.02 Å². The van der Waals surface area contributed by atoms with E-state index < -0.39 is 11.7 Å². The third-order valence-corrected chi connectivity index (χ3v) is 2.31. The van der Waals surface area contributed by atoms with Crippen LogP contribution < -0.4 is 5.32 Å². The summed E-state index contributed by atoms with van der Waals surface area (Å²) in [4.78, 5) is 11.3. The Bertz CT molecular complexity index is 436. The van der Waals surface area contributed by atoms with Crippen LogP contribution in [0.4, 0.5) is 4.79 Å². The van der Waals surface area contributed by atoms with Gasteiger partial charge in [-0.3, -0.25) is 0 Å². The lowest BCUT2D eigenvalue weighted by Crippen LogP contribution is -2.32. The molecule has 0 heterocycles. The van der Waals surface area contributed by atoms with Crippen LogP contribution in [0.1, 0.15) is 26.3 Å². The highest BCUT2D eigenvalue weighted by atomic mass is 35.5. The van der Waals surface area contributed by atoms with Gasteiger partial charge in [0, 0.05) is 11.6 Å². The summed E-state index contributed by atoms with van der Waals surface area (Å²) >= 11 is 5.99. The number of benzene rings is 1. The molecule has 1 N–H and O–H groups in total. The van der Waals surface area contributed by atoms with E-state index in [1.807, 2.05) is 57.2 Å². The van der Waals surface area contributed by atoms with Crippen molar-refractivity contribution in [1.82, 2.24) is 5.32 Å². The molecule has 0 aliphatic heterocycles. The number of ether oxygens (including phenoxy) is 1. The zero-order valence-electron chi connectivity index (χ0n) is 10.9. The van der Waals surface area contributed by atoms with Gasteiger partial charge in [0.05, 0.1) is 0 Å². The van der Waals surface area contributed by atoms with Gasteiger partial charge < -0.3 is 10.1 Å². The van der Waals surface area contributed by atoms with Crippen LogP contribution in [-0.2, 0) is 4.74 Å². The number of amides is 1. The Kier molecular flexibility index (Phi) is 5.23. The first-order valence-electron chi connectivity index (χ1n) is 5.76. The van der Waals surface area contributed by atoms with Crippen molar-refractivity contribution in [2.45, 2.75) is 26.4 Å². The molecule has 18 heavy (non-hydrogen) atoms. The summed E-state index contributed by atoms with van der Waals surface area (Å²) < 4.78 is 5.10. The minimum Gasteiger partial charge on any atom is -0.444 e. The maximum absolute atomic E-state index is 11.3. The minimum absolute atomic E-state index is 0.403. The number of carbonyl (C=O) groups is 1. The van der Waals surface area contributed by atoms with Crippen molar-refractivity contribution in [2.24, 2.45) is 0 Å². The van der Waals surface area contributed by atoms with Gasteiger partial charge in [-0.2, -0.15) is 0 Å². The van der Waals surface area contributed by atoms with Gasteiger partial charge in [0.2, 0.25) is 0 Å². The highest BCUT2D eigenvalue weighted by molar-refractivity contribution is 6.32. The summed E-state index contributed by atoms with van der Waals surface area (Å²) in [7, 11) is 0. The number of carbonyl (C=O) groups excluding carboxylic acids is 1. The van der Waals surface area contributed by atoms with E-state index in [1.165, 1.54) is 0 Å². The SMILES string of the molecule is CC(C)(C)OC(=O)NCC=Cc1ccccc1Cl. The average Bonchev–Trinajstić information content (AvgIpc) is 2.24. The molecule has 0 saturated carbocycles. The van der Waals surface area contributed by atoms with Crippen LogP contribution in [0.15, 0.2) is 30.3 Å². The monoisotopic (exact) mass is 267 g/mol. The van der Waals surface area contributed by atoms with Gasteiger partial charge in [-0.05, 0) is 32.4 Å². The van der Waals surface area contributed by atoms with Gasteiger partial charge in [0.1, 0.15) is 5.60 Å². The molecule has 0 fully saturated rings. The first kappa shape index (κ1) is 14.6. The second-order valence-electron chi connectivity index (χ2n) is 4.81. The van der Waals surface area contributed by atoms with Gasteiger partial charge >= 0.3 is 6.09 Å². The zero-order valence-corrected chi connectivity index (χ0v) is 11.6. The molecule has 0 radical (unpaired) electrons. The van der Waals surface area contributed by atoms with Crippen LogP contribution >= 0.6 is 11.6 Å². The van der Waals surface area contributed by atoms with E-state index >= 15 is 0 Å². The second kappa shape index (κ2) is 6.45. The molecule has 4 heteroatoms. The van der Waals surface area contributed by atoms with Crippen molar-refractivity contribution < 1.29 is 9.53 Å². The summed E-state index contributed by atoms with van der Waals surface area (Å²) in [5, 5.41) is 3.32. The first-order valence-corrected chi connectivity index (χ1v) is 6.14. The van der Waals surface area contributed by atoms with Crippen molar-refractivity contribution in [3.63, 3.8) is 0 Å².